The second-order valence-electron chi connectivity index (χ2n) is 5.17. The Bertz CT molecular complexity index is 294. The molecule has 17 heavy (non-hydrogen) atoms. The van der Waals surface area contributed by atoms with Crippen molar-refractivity contribution in [3.8, 4) is 0 Å². The minimum Gasteiger partial charge on any atom is -0.389 e. The van der Waals surface area contributed by atoms with Gasteiger partial charge in [0, 0.05) is 0 Å². The normalized spacial score (nSPS) is 17.2. The first-order valence-corrected chi connectivity index (χ1v) is 6.11. The van der Waals surface area contributed by atoms with E-state index in [4.69, 9.17) is 0 Å². The Kier molecular flexibility index (Phi) is 7.09. The van der Waals surface area contributed by atoms with Crippen LogP contribution in [-0.4, -0.2) is 21.9 Å². The highest BCUT2D eigenvalue weighted by Gasteiger charge is 2.13. The van der Waals surface area contributed by atoms with E-state index in [2.05, 4.69) is 12.7 Å². The van der Waals surface area contributed by atoms with Gasteiger partial charge < -0.3 is 10.2 Å². The summed E-state index contributed by atoms with van der Waals surface area (Å²) in [5, 5.41) is 19.4. The Labute approximate surface area is 105 Å². The Morgan fingerprint density at radius 2 is 1.94 bits per heavy atom. The van der Waals surface area contributed by atoms with Crippen LogP contribution in [0.3, 0.4) is 0 Å². The maximum atomic E-state index is 9.73. The smallest absolute Gasteiger partial charge is 0.0800 e. The van der Waals surface area contributed by atoms with E-state index in [-0.39, 0.29) is 0 Å². The van der Waals surface area contributed by atoms with Gasteiger partial charge in [-0.05, 0) is 47.0 Å². The average molecular weight is 238 g/mol. The molecule has 2 atom stereocenters. The number of hydrogen-bond acceptors (Lipinski definition) is 2. The van der Waals surface area contributed by atoms with E-state index >= 15 is 0 Å². The summed E-state index contributed by atoms with van der Waals surface area (Å²) in [5.41, 5.74) is 1.48. The molecule has 0 bridgehead atoms. The Morgan fingerprint density at radius 1 is 1.35 bits per heavy atom. The topological polar surface area (TPSA) is 40.5 Å². The third-order valence-electron chi connectivity index (χ3n) is 2.64. The first-order chi connectivity index (χ1) is 7.76. The van der Waals surface area contributed by atoms with E-state index in [1.54, 1.807) is 13.0 Å². The van der Waals surface area contributed by atoms with Crippen LogP contribution >= 0.6 is 0 Å². The number of hydrogen-bond donors (Lipinski definition) is 2. The van der Waals surface area contributed by atoms with Crippen LogP contribution in [0.2, 0.25) is 0 Å². The van der Waals surface area contributed by atoms with Crippen molar-refractivity contribution in [1.82, 2.24) is 0 Å². The van der Waals surface area contributed by atoms with Gasteiger partial charge in [0.05, 0.1) is 11.7 Å². The van der Waals surface area contributed by atoms with Gasteiger partial charge in [0.2, 0.25) is 0 Å². The summed E-state index contributed by atoms with van der Waals surface area (Å²) in [6, 6.07) is 0. The molecule has 0 aliphatic heterocycles. The zero-order chi connectivity index (χ0) is 13.5. The quantitative estimate of drug-likeness (QED) is 0.668. The summed E-state index contributed by atoms with van der Waals surface area (Å²) < 4.78 is 0. The maximum Gasteiger partial charge on any atom is 0.0800 e. The second kappa shape index (κ2) is 7.46. The lowest BCUT2D eigenvalue weighted by atomic mass is 9.98. The van der Waals surface area contributed by atoms with Gasteiger partial charge >= 0.3 is 0 Å². The summed E-state index contributed by atoms with van der Waals surface area (Å²) in [7, 11) is 0. The lowest BCUT2D eigenvalue weighted by molar-refractivity contribution is 0.103. The number of allylic oxidation sites excluding steroid dienone is 2. The third-order valence-corrected chi connectivity index (χ3v) is 2.64. The van der Waals surface area contributed by atoms with Gasteiger partial charge in [-0.1, -0.05) is 29.4 Å². The molecule has 0 aromatic carbocycles. The van der Waals surface area contributed by atoms with E-state index < -0.39 is 11.7 Å². The molecule has 2 nitrogen and oxygen atoms in total. The van der Waals surface area contributed by atoms with Gasteiger partial charge in [-0.3, -0.25) is 0 Å². The fraction of sp³-hybridized carbons (Fsp3) is 0.600. The monoisotopic (exact) mass is 238 g/mol. The molecule has 0 fully saturated rings. The summed E-state index contributed by atoms with van der Waals surface area (Å²) in [5.74, 6) is 0. The highest BCUT2D eigenvalue weighted by molar-refractivity contribution is 5.07. The molecular weight excluding hydrogens is 212 g/mol. The van der Waals surface area contributed by atoms with Gasteiger partial charge in [-0.2, -0.15) is 0 Å². The molecule has 0 aromatic heterocycles. The predicted octanol–water partition coefficient (Wildman–Crippen LogP) is 3.37. The fourth-order valence-corrected chi connectivity index (χ4v) is 1.57. The van der Waals surface area contributed by atoms with Crippen LogP contribution in [0.25, 0.3) is 0 Å². The molecule has 2 heteroatoms. The number of aliphatic hydroxyl groups excluding tert-OH is 1. The third kappa shape index (κ3) is 8.90. The molecule has 2 unspecified atom stereocenters. The molecule has 0 radical (unpaired) electrons. The molecular formula is C15H26O2. The van der Waals surface area contributed by atoms with E-state index in [0.29, 0.717) is 12.8 Å². The minimum atomic E-state index is -0.796. The van der Waals surface area contributed by atoms with Crippen LogP contribution in [0.15, 0.2) is 36.0 Å². The van der Waals surface area contributed by atoms with Gasteiger partial charge in [0.25, 0.3) is 0 Å². The van der Waals surface area contributed by atoms with Crippen LogP contribution in [0, 0.1) is 0 Å². The molecule has 0 heterocycles. The minimum absolute atomic E-state index is 0.406. The largest absolute Gasteiger partial charge is 0.389 e. The Hall–Kier alpha value is -0.860. The van der Waals surface area contributed by atoms with Crippen LogP contribution in [-0.2, 0) is 0 Å². The first-order valence-electron chi connectivity index (χ1n) is 6.11. The highest BCUT2D eigenvalue weighted by atomic mass is 16.3. The number of aliphatic hydroxyl groups is 2. The van der Waals surface area contributed by atoms with Crippen LogP contribution in [0.5, 0.6) is 0 Å². The molecule has 0 aliphatic carbocycles. The van der Waals surface area contributed by atoms with Crippen LogP contribution in [0.1, 0.15) is 47.0 Å². The number of rotatable bonds is 7. The van der Waals surface area contributed by atoms with Crippen molar-refractivity contribution in [3.05, 3.63) is 36.0 Å². The first kappa shape index (κ1) is 16.1. The van der Waals surface area contributed by atoms with Gasteiger partial charge in [-0.15, -0.1) is 6.58 Å². The van der Waals surface area contributed by atoms with Crippen molar-refractivity contribution in [2.75, 3.05) is 0 Å². The van der Waals surface area contributed by atoms with Crippen molar-refractivity contribution in [2.45, 2.75) is 58.7 Å². The predicted molar refractivity (Wildman–Crippen MR) is 73.9 cm³/mol. The standard InChI is InChI=1S/C15H26O2/c1-6-15(5,17)9-7-8-13(4)11-14(16)10-12(2)3/h6,8,10,14,16-17H,1,7,9,11H2,2-5H3/b13-8-. The Morgan fingerprint density at radius 3 is 2.41 bits per heavy atom. The Balaban J connectivity index is 4.11. The summed E-state index contributed by atoms with van der Waals surface area (Å²) >= 11 is 0. The molecule has 0 saturated heterocycles. The van der Waals surface area contributed by atoms with Crippen molar-refractivity contribution >= 4 is 0 Å². The van der Waals surface area contributed by atoms with Crippen molar-refractivity contribution in [3.63, 3.8) is 0 Å². The molecule has 0 rings (SSSR count). The molecule has 98 valence electrons. The van der Waals surface area contributed by atoms with Gasteiger partial charge in [0.15, 0.2) is 0 Å². The molecule has 0 amide bonds. The van der Waals surface area contributed by atoms with E-state index in [1.807, 2.05) is 26.8 Å². The second-order valence-corrected chi connectivity index (χ2v) is 5.17. The lowest BCUT2D eigenvalue weighted by Crippen LogP contribution is -2.19. The van der Waals surface area contributed by atoms with E-state index in [0.717, 1.165) is 17.6 Å². The summed E-state index contributed by atoms with van der Waals surface area (Å²) in [4.78, 5) is 0. The average Bonchev–Trinajstić information content (AvgIpc) is 2.15. The van der Waals surface area contributed by atoms with Gasteiger partial charge in [-0.25, -0.2) is 0 Å². The van der Waals surface area contributed by atoms with Crippen LogP contribution in [0.4, 0.5) is 0 Å². The van der Waals surface area contributed by atoms with Crippen molar-refractivity contribution < 1.29 is 10.2 Å². The molecule has 2 N–H and O–H groups in total. The van der Waals surface area contributed by atoms with Crippen molar-refractivity contribution in [2.24, 2.45) is 0 Å². The molecule has 0 aliphatic rings. The SMILES string of the molecule is C=CC(C)(O)CC/C=C(/C)CC(O)C=C(C)C. The van der Waals surface area contributed by atoms with Crippen molar-refractivity contribution in [1.29, 1.82) is 0 Å². The lowest BCUT2D eigenvalue weighted by Gasteiger charge is -2.17. The fourth-order valence-electron chi connectivity index (χ4n) is 1.57. The highest BCUT2D eigenvalue weighted by Crippen LogP contribution is 2.15. The summed E-state index contributed by atoms with van der Waals surface area (Å²) in [6.07, 6.45) is 7.20. The molecule has 0 saturated carbocycles. The van der Waals surface area contributed by atoms with Gasteiger partial charge in [0.1, 0.15) is 0 Å². The molecule has 0 spiro atoms. The summed E-state index contributed by atoms with van der Waals surface area (Å²) in [6.45, 7) is 11.3. The molecule has 0 aromatic rings. The van der Waals surface area contributed by atoms with E-state index in [9.17, 15) is 10.2 Å². The van der Waals surface area contributed by atoms with Crippen LogP contribution < -0.4 is 0 Å². The maximum absolute atomic E-state index is 9.73. The zero-order valence-electron chi connectivity index (χ0n) is 11.5. The van der Waals surface area contributed by atoms with E-state index in [1.165, 1.54) is 0 Å². The zero-order valence-corrected chi connectivity index (χ0v) is 11.5.